The Bertz CT molecular complexity index is 303. The van der Waals surface area contributed by atoms with Crippen molar-refractivity contribution in [3.05, 3.63) is 36.0 Å². The van der Waals surface area contributed by atoms with Crippen LogP contribution in [0.15, 0.2) is 29.8 Å². The highest BCUT2D eigenvalue weighted by atomic mass is 32.2. The van der Waals surface area contributed by atoms with Gasteiger partial charge in [0.2, 0.25) is 0 Å². The largest absolute Gasteiger partial charge is 0.312 e. The van der Waals surface area contributed by atoms with Crippen molar-refractivity contribution >= 4 is 11.8 Å². The summed E-state index contributed by atoms with van der Waals surface area (Å²) < 4.78 is 0. The fraction of sp³-hybridized carbons (Fsp3) is 0.417. The van der Waals surface area contributed by atoms with Crippen LogP contribution < -0.4 is 5.32 Å². The van der Waals surface area contributed by atoms with E-state index in [1.165, 1.54) is 5.56 Å². The SMILES string of the molecule is C=CCNCCSc1cc(C)cc(C)n1. The highest BCUT2D eigenvalue weighted by Gasteiger charge is 1.97. The Kier molecular flexibility index (Phi) is 5.43. The molecular weight excluding hydrogens is 204 g/mol. The van der Waals surface area contributed by atoms with Crippen molar-refractivity contribution in [2.45, 2.75) is 18.9 Å². The van der Waals surface area contributed by atoms with Crippen molar-refractivity contribution in [3.8, 4) is 0 Å². The summed E-state index contributed by atoms with van der Waals surface area (Å²) in [6.07, 6.45) is 1.87. The second-order valence-corrected chi connectivity index (χ2v) is 4.58. The van der Waals surface area contributed by atoms with Crippen LogP contribution in [-0.2, 0) is 0 Å². The van der Waals surface area contributed by atoms with Crippen molar-refractivity contribution < 1.29 is 0 Å². The molecule has 0 saturated heterocycles. The van der Waals surface area contributed by atoms with Gasteiger partial charge in [0.25, 0.3) is 0 Å². The summed E-state index contributed by atoms with van der Waals surface area (Å²) in [5.41, 5.74) is 2.38. The van der Waals surface area contributed by atoms with Crippen LogP contribution in [0.2, 0.25) is 0 Å². The maximum Gasteiger partial charge on any atom is 0.0966 e. The molecule has 3 heteroatoms. The number of thioether (sulfide) groups is 1. The zero-order valence-electron chi connectivity index (χ0n) is 9.42. The molecule has 0 fully saturated rings. The number of pyridine rings is 1. The molecular formula is C12H18N2S. The summed E-state index contributed by atoms with van der Waals surface area (Å²) in [7, 11) is 0. The van der Waals surface area contributed by atoms with Gasteiger partial charge in [0.15, 0.2) is 0 Å². The first kappa shape index (κ1) is 12.3. The van der Waals surface area contributed by atoms with Gasteiger partial charge >= 0.3 is 0 Å². The molecule has 1 N–H and O–H groups in total. The van der Waals surface area contributed by atoms with Crippen LogP contribution >= 0.6 is 11.8 Å². The van der Waals surface area contributed by atoms with E-state index in [0.29, 0.717) is 0 Å². The molecule has 1 aromatic heterocycles. The average molecular weight is 222 g/mol. The Balaban J connectivity index is 2.33. The van der Waals surface area contributed by atoms with Crippen molar-refractivity contribution in [3.63, 3.8) is 0 Å². The molecule has 1 heterocycles. The molecule has 0 spiro atoms. The fourth-order valence-corrected chi connectivity index (χ4v) is 2.24. The Labute approximate surface area is 96.2 Å². The summed E-state index contributed by atoms with van der Waals surface area (Å²) in [5, 5.41) is 4.39. The van der Waals surface area contributed by atoms with Crippen LogP contribution in [0.25, 0.3) is 0 Å². The zero-order valence-corrected chi connectivity index (χ0v) is 10.2. The lowest BCUT2D eigenvalue weighted by atomic mass is 10.3. The third-order valence-corrected chi connectivity index (χ3v) is 2.80. The molecule has 0 aromatic carbocycles. The van der Waals surface area contributed by atoms with E-state index in [1.54, 1.807) is 11.8 Å². The third-order valence-electron chi connectivity index (χ3n) is 1.89. The predicted octanol–water partition coefficient (Wildman–Crippen LogP) is 2.57. The molecule has 0 radical (unpaired) electrons. The summed E-state index contributed by atoms with van der Waals surface area (Å²) >= 11 is 1.79. The highest BCUT2D eigenvalue weighted by Crippen LogP contribution is 2.16. The van der Waals surface area contributed by atoms with Crippen molar-refractivity contribution in [1.82, 2.24) is 10.3 Å². The van der Waals surface area contributed by atoms with Crippen LogP contribution in [0.4, 0.5) is 0 Å². The maximum atomic E-state index is 4.47. The van der Waals surface area contributed by atoms with Crippen molar-refractivity contribution in [2.24, 2.45) is 0 Å². The minimum atomic E-state index is 0.876. The van der Waals surface area contributed by atoms with Gasteiger partial charge in [0.05, 0.1) is 5.03 Å². The molecule has 0 atom stereocenters. The van der Waals surface area contributed by atoms with Crippen molar-refractivity contribution in [2.75, 3.05) is 18.8 Å². The summed E-state index contributed by atoms with van der Waals surface area (Å²) in [6.45, 7) is 9.67. The second kappa shape index (κ2) is 6.64. The molecule has 0 aliphatic carbocycles. The van der Waals surface area contributed by atoms with Crippen LogP contribution in [0, 0.1) is 13.8 Å². The van der Waals surface area contributed by atoms with Gasteiger partial charge < -0.3 is 5.32 Å². The van der Waals surface area contributed by atoms with Gasteiger partial charge in [-0.2, -0.15) is 0 Å². The number of aryl methyl sites for hydroxylation is 2. The lowest BCUT2D eigenvalue weighted by molar-refractivity contribution is 0.806. The van der Waals surface area contributed by atoms with Crippen LogP contribution in [0.3, 0.4) is 0 Å². The number of nitrogens with zero attached hydrogens (tertiary/aromatic N) is 1. The molecule has 82 valence electrons. The average Bonchev–Trinajstić information content (AvgIpc) is 2.16. The molecule has 2 nitrogen and oxygen atoms in total. The lowest BCUT2D eigenvalue weighted by Gasteiger charge is -2.04. The van der Waals surface area contributed by atoms with E-state index >= 15 is 0 Å². The quantitative estimate of drug-likeness (QED) is 0.455. The van der Waals surface area contributed by atoms with E-state index in [-0.39, 0.29) is 0 Å². The van der Waals surface area contributed by atoms with Gasteiger partial charge in [-0.25, -0.2) is 4.98 Å². The fourth-order valence-electron chi connectivity index (χ4n) is 1.31. The van der Waals surface area contributed by atoms with Gasteiger partial charge in [-0.15, -0.1) is 18.3 Å². The Morgan fingerprint density at radius 3 is 2.93 bits per heavy atom. The van der Waals surface area contributed by atoms with Crippen LogP contribution in [0.5, 0.6) is 0 Å². The lowest BCUT2D eigenvalue weighted by Crippen LogP contribution is -2.16. The normalized spacial score (nSPS) is 10.3. The van der Waals surface area contributed by atoms with Gasteiger partial charge in [0.1, 0.15) is 0 Å². The zero-order chi connectivity index (χ0) is 11.1. The number of aromatic nitrogens is 1. The topological polar surface area (TPSA) is 24.9 Å². The first-order valence-corrected chi connectivity index (χ1v) is 6.10. The molecule has 0 amide bonds. The molecule has 0 unspecified atom stereocenters. The first-order valence-electron chi connectivity index (χ1n) is 5.12. The first-order chi connectivity index (χ1) is 7.22. The summed E-state index contributed by atoms with van der Waals surface area (Å²) in [4.78, 5) is 4.47. The van der Waals surface area contributed by atoms with Gasteiger partial charge in [-0.05, 0) is 31.5 Å². The summed E-state index contributed by atoms with van der Waals surface area (Å²) in [6, 6.07) is 4.23. The number of nitrogens with one attached hydrogen (secondary N) is 1. The second-order valence-electron chi connectivity index (χ2n) is 3.47. The predicted molar refractivity (Wildman–Crippen MR) is 67.5 cm³/mol. The molecule has 1 aromatic rings. The Hall–Kier alpha value is -0.800. The smallest absolute Gasteiger partial charge is 0.0966 e. The third kappa shape index (κ3) is 5.00. The van der Waals surface area contributed by atoms with Gasteiger partial charge in [0, 0.05) is 24.5 Å². The minimum absolute atomic E-state index is 0.876. The van der Waals surface area contributed by atoms with E-state index in [4.69, 9.17) is 0 Å². The number of hydrogen-bond donors (Lipinski definition) is 1. The Morgan fingerprint density at radius 2 is 2.27 bits per heavy atom. The van der Waals surface area contributed by atoms with Crippen molar-refractivity contribution in [1.29, 1.82) is 0 Å². The molecule has 0 saturated carbocycles. The number of hydrogen-bond acceptors (Lipinski definition) is 3. The molecule has 0 aliphatic heterocycles. The van der Waals surface area contributed by atoms with Crippen LogP contribution in [0.1, 0.15) is 11.3 Å². The highest BCUT2D eigenvalue weighted by molar-refractivity contribution is 7.99. The molecule has 0 aliphatic rings. The molecule has 1 rings (SSSR count). The van der Waals surface area contributed by atoms with E-state index in [9.17, 15) is 0 Å². The number of rotatable bonds is 6. The van der Waals surface area contributed by atoms with E-state index in [1.807, 2.05) is 13.0 Å². The van der Waals surface area contributed by atoms with Gasteiger partial charge in [-0.1, -0.05) is 6.08 Å². The summed E-state index contributed by atoms with van der Waals surface area (Å²) in [5.74, 6) is 1.05. The maximum absolute atomic E-state index is 4.47. The molecule has 0 bridgehead atoms. The van der Waals surface area contributed by atoms with E-state index in [2.05, 4.69) is 35.9 Å². The minimum Gasteiger partial charge on any atom is -0.312 e. The van der Waals surface area contributed by atoms with E-state index in [0.717, 1.165) is 29.6 Å². The van der Waals surface area contributed by atoms with Crippen LogP contribution in [-0.4, -0.2) is 23.8 Å². The van der Waals surface area contributed by atoms with Gasteiger partial charge in [-0.3, -0.25) is 0 Å². The Morgan fingerprint density at radius 1 is 1.47 bits per heavy atom. The monoisotopic (exact) mass is 222 g/mol. The van der Waals surface area contributed by atoms with E-state index < -0.39 is 0 Å². The standard InChI is InChI=1S/C12H18N2S/c1-4-5-13-6-7-15-12-9-10(2)8-11(3)14-12/h4,8-9,13H,1,5-7H2,2-3H3. The molecule has 15 heavy (non-hydrogen) atoms.